The monoisotopic (exact) mass is 887 g/mol. The van der Waals surface area contributed by atoms with Crippen molar-refractivity contribution in [2.75, 3.05) is 7.11 Å². The fourth-order valence-corrected chi connectivity index (χ4v) is 7.93. The van der Waals surface area contributed by atoms with Gasteiger partial charge in [0.25, 0.3) is 5.97 Å². The van der Waals surface area contributed by atoms with E-state index in [2.05, 4.69) is 105 Å². The quantitative estimate of drug-likeness (QED) is 0.0986. The van der Waals surface area contributed by atoms with Crippen LogP contribution in [0.2, 0.25) is 0 Å². The molecule has 1 atom stereocenters. The van der Waals surface area contributed by atoms with Gasteiger partial charge in [0.2, 0.25) is 0 Å². The summed E-state index contributed by atoms with van der Waals surface area (Å²) in [5, 5.41) is 4.96. The first-order valence-corrected chi connectivity index (χ1v) is 17.7. The van der Waals surface area contributed by atoms with E-state index in [-0.39, 0.29) is 28.8 Å². The van der Waals surface area contributed by atoms with E-state index in [1.807, 2.05) is 36.4 Å². The molecule has 0 fully saturated rings. The molecule has 0 spiro atoms. The van der Waals surface area contributed by atoms with Crippen molar-refractivity contribution in [2.45, 2.75) is 18.0 Å². The maximum Gasteiger partial charge on any atom is 1.00 e. The Balaban J connectivity index is 0.000000225. The van der Waals surface area contributed by atoms with Gasteiger partial charge in [-0.3, -0.25) is 4.79 Å². The third-order valence-corrected chi connectivity index (χ3v) is 10.8. The number of carbonyl (C=O) groups is 1. The predicted molar refractivity (Wildman–Crippen MR) is 189 cm³/mol. The zero-order valence-corrected chi connectivity index (χ0v) is 30.2. The molecule has 1 N–H and O–H groups in total. The smallest absolute Gasteiger partial charge is 0.529 e. The van der Waals surface area contributed by atoms with Gasteiger partial charge in [0.15, 0.2) is 10.0 Å². The van der Waals surface area contributed by atoms with Crippen LogP contribution in [0.5, 0.6) is 0 Å². The summed E-state index contributed by atoms with van der Waals surface area (Å²) in [6.45, 7) is 0. The van der Waals surface area contributed by atoms with E-state index >= 15 is 0 Å². The van der Waals surface area contributed by atoms with Crippen molar-refractivity contribution >= 4 is 50.7 Å². The minimum atomic E-state index is -5.79. The number of aromatic amines is 1. The standard InChI is InChI=1S/C18H15P.C13H12F3N2O4S.C6H6.Au/c1-4-10-16(11-5-1)19(17-12-6-2-7-13-17)18-14-8-3-9-15-18;1-22-12(19)11(18-23(20,21)13(14,15)16)6-8-7-17-10-5-3-2-4-9(8)10;1-2-4-6-5-3-1;/h1-15H;2-5,7,11,17H,6H2,1H3;1-6H;/q;-1;;+1/p+1/t;11-;;/m.1../s1. The van der Waals surface area contributed by atoms with Crippen LogP contribution in [0.25, 0.3) is 15.6 Å². The number of benzene rings is 5. The number of hydrogen-bond donors (Lipinski definition) is 1. The first kappa shape index (κ1) is 39.4. The number of alkyl halides is 3. The van der Waals surface area contributed by atoms with Crippen LogP contribution in [0.4, 0.5) is 13.2 Å². The number of methoxy groups -OCH3 is 1. The molecule has 0 aliphatic rings. The van der Waals surface area contributed by atoms with Crippen molar-refractivity contribution in [3.05, 3.63) is 168 Å². The molecule has 0 amide bonds. The number of sulfonamides is 1. The van der Waals surface area contributed by atoms with Gasteiger partial charge in [-0.2, -0.15) is 13.2 Å². The van der Waals surface area contributed by atoms with Gasteiger partial charge in [-0.25, -0.2) is 8.42 Å². The number of halogens is 3. The average Bonchev–Trinajstić information content (AvgIpc) is 3.52. The maximum absolute atomic E-state index is 12.5. The maximum atomic E-state index is 12.5. The predicted octanol–water partition coefficient (Wildman–Crippen LogP) is 7.34. The van der Waals surface area contributed by atoms with E-state index in [4.69, 9.17) is 0 Å². The number of esters is 1. The molecule has 49 heavy (non-hydrogen) atoms. The van der Waals surface area contributed by atoms with Gasteiger partial charge in [-0.15, -0.1) is 0 Å². The number of rotatable bonds is 8. The van der Waals surface area contributed by atoms with Crippen molar-refractivity contribution in [1.29, 1.82) is 0 Å². The van der Waals surface area contributed by atoms with Crippen molar-refractivity contribution in [3.63, 3.8) is 0 Å². The first-order valence-electron chi connectivity index (χ1n) is 14.8. The molecule has 258 valence electrons. The van der Waals surface area contributed by atoms with Gasteiger partial charge in [-0.05, 0) is 60.5 Å². The molecule has 6 rings (SSSR count). The second-order valence-corrected chi connectivity index (χ2v) is 14.4. The molecular formula is C37H34AuF3N2O4PS+. The largest absolute Gasteiger partial charge is 1.00 e. The van der Waals surface area contributed by atoms with Crippen LogP contribution >= 0.6 is 7.92 Å². The van der Waals surface area contributed by atoms with Gasteiger partial charge >= 0.3 is 27.9 Å². The third kappa shape index (κ3) is 11.5. The molecule has 12 heteroatoms. The summed E-state index contributed by atoms with van der Waals surface area (Å²) in [4.78, 5) is 14.5. The Bertz CT molecular complexity index is 1830. The molecule has 6 aromatic rings. The van der Waals surface area contributed by atoms with Gasteiger partial charge < -0.3 is 14.4 Å². The molecule has 1 heterocycles. The van der Waals surface area contributed by atoms with Gasteiger partial charge in [0.05, 0.1) is 15.0 Å². The van der Waals surface area contributed by atoms with Crippen LogP contribution in [-0.4, -0.2) is 38.0 Å². The van der Waals surface area contributed by atoms with Gasteiger partial charge in [-0.1, -0.05) is 109 Å². The Kier molecular flexibility index (Phi) is 15.5. The number of aromatic nitrogens is 1. The van der Waals surface area contributed by atoms with Gasteiger partial charge in [0.1, 0.15) is 15.9 Å². The zero-order valence-electron chi connectivity index (χ0n) is 26.2. The van der Waals surface area contributed by atoms with E-state index in [1.54, 1.807) is 24.3 Å². The number of nitrogens with zero attached hydrogens (tertiary/aromatic N) is 1. The number of H-pyrrole nitrogens is 1. The zero-order chi connectivity index (χ0) is 34.4. The molecule has 0 saturated heterocycles. The van der Waals surface area contributed by atoms with Gasteiger partial charge in [0, 0.05) is 17.1 Å². The second-order valence-electron chi connectivity index (χ2n) is 10.3. The van der Waals surface area contributed by atoms with E-state index < -0.39 is 35.5 Å². The Labute approximate surface area is 301 Å². The summed E-state index contributed by atoms with van der Waals surface area (Å²) in [5.41, 5.74) is -4.42. The van der Waals surface area contributed by atoms with E-state index in [0.717, 1.165) is 7.11 Å². The summed E-state index contributed by atoms with van der Waals surface area (Å²) in [5.74, 6) is -1.16. The molecule has 5 aromatic carbocycles. The molecule has 0 aliphatic carbocycles. The molecule has 0 bridgehead atoms. The van der Waals surface area contributed by atoms with Crippen molar-refractivity contribution < 1.29 is 53.5 Å². The van der Waals surface area contributed by atoms with Crippen molar-refractivity contribution in [3.8, 4) is 0 Å². The van der Waals surface area contributed by atoms with Crippen LogP contribution in [-0.2, 0) is 48.4 Å². The number of ether oxygens (including phenoxy) is 1. The van der Waals surface area contributed by atoms with Crippen molar-refractivity contribution in [1.82, 2.24) is 4.98 Å². The fourth-order valence-electron chi connectivity index (χ4n) is 4.74. The minimum absolute atomic E-state index is 0. The SMILES string of the molecule is COC(=O)[C@@H](Cc1c[nH]c2ccccc12)[N-]S(=O)(=O)C(F)(F)F.[Au+].c1ccc([PH+](c2ccccc2)c2ccccc2)cc1.c1ccccc1. The average molecular weight is 888 g/mol. The van der Waals surface area contributed by atoms with Crippen LogP contribution in [0, 0.1) is 0 Å². The fraction of sp³-hybridized carbons (Fsp3) is 0.108. The van der Waals surface area contributed by atoms with E-state index in [0.29, 0.717) is 16.5 Å². The Morgan fingerprint density at radius 2 is 1.10 bits per heavy atom. The third-order valence-electron chi connectivity index (χ3n) is 6.97. The molecule has 0 saturated carbocycles. The first-order chi connectivity index (χ1) is 23.1. The van der Waals surface area contributed by atoms with E-state index in [1.165, 1.54) is 22.1 Å². The number of fused-ring (bicyclic) bond motifs is 1. The summed E-state index contributed by atoms with van der Waals surface area (Å²) >= 11 is 0. The Morgan fingerprint density at radius 1 is 0.714 bits per heavy atom. The van der Waals surface area contributed by atoms with E-state index in [9.17, 15) is 26.4 Å². The summed E-state index contributed by atoms with van der Waals surface area (Å²) in [6.07, 6.45) is 1.14. The Morgan fingerprint density at radius 3 is 1.51 bits per heavy atom. The molecule has 6 nitrogen and oxygen atoms in total. The topological polar surface area (TPSA) is 90.3 Å². The van der Waals surface area contributed by atoms with Crippen LogP contribution in [0.15, 0.2) is 158 Å². The summed E-state index contributed by atoms with van der Waals surface area (Å²) in [6, 6.07) is 49.6. The molecule has 1 aromatic heterocycles. The molecule has 0 aliphatic heterocycles. The molecule has 0 radical (unpaired) electrons. The Hall–Kier alpha value is -4.02. The van der Waals surface area contributed by atoms with Crippen molar-refractivity contribution in [2.24, 2.45) is 0 Å². The number of para-hydroxylation sites is 1. The number of hydrogen-bond acceptors (Lipinski definition) is 4. The summed E-state index contributed by atoms with van der Waals surface area (Å²) in [7, 11) is -5.73. The van der Waals surface area contributed by atoms with Crippen LogP contribution in [0.1, 0.15) is 5.56 Å². The summed E-state index contributed by atoms with van der Waals surface area (Å²) < 4.78 is 66.7. The molecular weight excluding hydrogens is 853 g/mol. The minimum Gasteiger partial charge on any atom is -0.529 e. The van der Waals surface area contributed by atoms with Crippen LogP contribution in [0.3, 0.4) is 0 Å². The number of nitrogens with one attached hydrogen (secondary N) is 1. The van der Waals surface area contributed by atoms with Crippen LogP contribution < -0.4 is 15.9 Å². The molecule has 0 unspecified atom stereocenters. The normalized spacial score (nSPS) is 11.6. The second kappa shape index (κ2) is 19.2. The number of carbonyl (C=O) groups excluding carboxylic acids is 1.